The Labute approximate surface area is 103 Å². The third-order valence-corrected chi connectivity index (χ3v) is 3.51. The van der Waals surface area contributed by atoms with Gasteiger partial charge in [-0.3, -0.25) is 0 Å². The molecule has 0 spiro atoms. The predicted octanol–water partition coefficient (Wildman–Crippen LogP) is 3.56. The van der Waals surface area contributed by atoms with Crippen molar-refractivity contribution in [3.8, 4) is 0 Å². The fourth-order valence-electron chi connectivity index (χ4n) is 2.04. The summed E-state index contributed by atoms with van der Waals surface area (Å²) in [6, 6.07) is 3.94. The minimum Gasteiger partial charge on any atom is -0.458 e. The topological polar surface area (TPSA) is 38.1 Å². The molecule has 84 valence electrons. The molecule has 1 atom stereocenters. The Hall–Kier alpha value is -0.770. The lowest BCUT2D eigenvalue weighted by Gasteiger charge is -2.04. The Kier molecular flexibility index (Phi) is 2.54. The number of hydrogen-bond acceptors (Lipinski definition) is 3. The number of pyridine rings is 1. The van der Waals surface area contributed by atoms with Crippen molar-refractivity contribution >= 4 is 34.3 Å². The monoisotopic (exact) mass is 256 g/mol. The van der Waals surface area contributed by atoms with Crippen LogP contribution >= 0.6 is 23.2 Å². The van der Waals surface area contributed by atoms with Crippen molar-refractivity contribution in [3.05, 3.63) is 28.1 Å². The number of nitrogens with zero attached hydrogens (tertiary/aromatic N) is 1. The van der Waals surface area contributed by atoms with Gasteiger partial charge in [-0.25, -0.2) is 4.98 Å². The second kappa shape index (κ2) is 3.91. The van der Waals surface area contributed by atoms with Crippen molar-refractivity contribution < 1.29 is 4.42 Å². The SMILES string of the molecule is Clc1cc2oc([C@H]3CCCN3)cc2nc1Cl. The van der Waals surface area contributed by atoms with Gasteiger partial charge in [0.05, 0.1) is 11.1 Å². The zero-order valence-corrected chi connectivity index (χ0v) is 9.98. The number of fused-ring (bicyclic) bond motifs is 1. The molecule has 2 aromatic heterocycles. The lowest BCUT2D eigenvalue weighted by Crippen LogP contribution is -2.11. The first-order valence-corrected chi connectivity index (χ1v) is 5.98. The molecule has 1 saturated heterocycles. The number of hydrogen-bond donors (Lipinski definition) is 1. The van der Waals surface area contributed by atoms with E-state index in [-0.39, 0.29) is 0 Å². The predicted molar refractivity (Wildman–Crippen MR) is 64.0 cm³/mol. The average Bonchev–Trinajstić information content (AvgIpc) is 2.86. The molecule has 3 heterocycles. The lowest BCUT2D eigenvalue weighted by molar-refractivity contribution is 0.471. The molecule has 16 heavy (non-hydrogen) atoms. The minimum absolute atomic E-state index is 0.298. The van der Waals surface area contributed by atoms with Gasteiger partial charge in [-0.1, -0.05) is 23.2 Å². The largest absolute Gasteiger partial charge is 0.458 e. The molecule has 0 unspecified atom stereocenters. The van der Waals surface area contributed by atoms with Crippen LogP contribution in [0.3, 0.4) is 0 Å². The maximum Gasteiger partial charge on any atom is 0.154 e. The van der Waals surface area contributed by atoms with Gasteiger partial charge >= 0.3 is 0 Å². The molecule has 1 N–H and O–H groups in total. The molecular formula is C11H10Cl2N2O. The quantitative estimate of drug-likeness (QED) is 0.794. The van der Waals surface area contributed by atoms with E-state index >= 15 is 0 Å². The summed E-state index contributed by atoms with van der Waals surface area (Å²) in [5.41, 5.74) is 1.45. The van der Waals surface area contributed by atoms with Crippen LogP contribution in [0, 0.1) is 0 Å². The van der Waals surface area contributed by atoms with Crippen molar-refractivity contribution in [1.29, 1.82) is 0 Å². The summed E-state index contributed by atoms with van der Waals surface area (Å²) in [4.78, 5) is 4.18. The van der Waals surface area contributed by atoms with Crippen LogP contribution in [0.15, 0.2) is 16.5 Å². The second-order valence-electron chi connectivity index (χ2n) is 3.94. The van der Waals surface area contributed by atoms with Gasteiger partial charge in [-0.15, -0.1) is 0 Å². The maximum atomic E-state index is 5.89. The maximum absolute atomic E-state index is 5.89. The first-order valence-electron chi connectivity index (χ1n) is 5.23. The zero-order chi connectivity index (χ0) is 11.1. The summed E-state index contributed by atoms with van der Waals surface area (Å²) in [5, 5.41) is 4.12. The van der Waals surface area contributed by atoms with E-state index in [1.54, 1.807) is 6.07 Å². The standard InChI is InChI=1S/C11H10Cl2N2O/c12-6-4-9-8(15-11(6)13)5-10(16-9)7-2-1-3-14-7/h4-5,7,14H,1-3H2/t7-/m1/s1. The second-order valence-corrected chi connectivity index (χ2v) is 4.71. The van der Waals surface area contributed by atoms with Crippen molar-refractivity contribution in [2.24, 2.45) is 0 Å². The number of nitrogens with one attached hydrogen (secondary N) is 1. The van der Waals surface area contributed by atoms with Crippen LogP contribution in [0.2, 0.25) is 10.2 Å². The Morgan fingerprint density at radius 2 is 2.25 bits per heavy atom. The van der Waals surface area contributed by atoms with Crippen LogP contribution in [0.5, 0.6) is 0 Å². The molecule has 0 saturated carbocycles. The van der Waals surface area contributed by atoms with Gasteiger partial charge in [-0.2, -0.15) is 0 Å². The van der Waals surface area contributed by atoms with E-state index in [1.807, 2.05) is 6.07 Å². The summed E-state index contributed by atoms with van der Waals surface area (Å²) in [6.45, 7) is 1.04. The summed E-state index contributed by atoms with van der Waals surface area (Å²) < 4.78 is 5.72. The molecule has 2 aromatic rings. The van der Waals surface area contributed by atoms with Gasteiger partial charge in [0.25, 0.3) is 0 Å². The lowest BCUT2D eigenvalue weighted by atomic mass is 10.2. The van der Waals surface area contributed by atoms with Crippen molar-refractivity contribution in [3.63, 3.8) is 0 Å². The van der Waals surface area contributed by atoms with Crippen LogP contribution in [0.25, 0.3) is 11.1 Å². The Balaban J connectivity index is 2.08. The van der Waals surface area contributed by atoms with E-state index in [0.717, 1.165) is 24.2 Å². The summed E-state index contributed by atoms with van der Waals surface area (Å²) in [6.07, 6.45) is 2.28. The van der Waals surface area contributed by atoms with Crippen molar-refractivity contribution in [2.75, 3.05) is 6.54 Å². The Morgan fingerprint density at radius 3 is 3.00 bits per heavy atom. The number of aromatic nitrogens is 1. The van der Waals surface area contributed by atoms with E-state index < -0.39 is 0 Å². The fourth-order valence-corrected chi connectivity index (χ4v) is 2.33. The third kappa shape index (κ3) is 1.69. The number of halogens is 2. The summed E-state index contributed by atoms with van der Waals surface area (Å²) >= 11 is 11.7. The van der Waals surface area contributed by atoms with Crippen molar-refractivity contribution in [2.45, 2.75) is 18.9 Å². The average molecular weight is 257 g/mol. The highest BCUT2D eigenvalue weighted by molar-refractivity contribution is 6.41. The first kappa shape index (κ1) is 10.4. The highest BCUT2D eigenvalue weighted by Crippen LogP contribution is 2.31. The van der Waals surface area contributed by atoms with Crippen LogP contribution in [-0.4, -0.2) is 11.5 Å². The van der Waals surface area contributed by atoms with Crippen LogP contribution < -0.4 is 5.32 Å². The van der Waals surface area contributed by atoms with E-state index in [4.69, 9.17) is 27.6 Å². The van der Waals surface area contributed by atoms with Crippen molar-refractivity contribution in [1.82, 2.24) is 10.3 Å². The van der Waals surface area contributed by atoms with Gasteiger partial charge in [-0.05, 0) is 19.4 Å². The molecule has 0 aliphatic carbocycles. The van der Waals surface area contributed by atoms with Gasteiger partial charge in [0.2, 0.25) is 0 Å². The smallest absolute Gasteiger partial charge is 0.154 e. The molecule has 0 amide bonds. The molecule has 3 nitrogen and oxygen atoms in total. The fraction of sp³-hybridized carbons (Fsp3) is 0.364. The molecule has 1 aliphatic heterocycles. The highest BCUT2D eigenvalue weighted by atomic mass is 35.5. The number of rotatable bonds is 1. The van der Waals surface area contributed by atoms with E-state index in [2.05, 4.69) is 10.3 Å². The third-order valence-electron chi connectivity index (χ3n) is 2.84. The molecule has 0 bridgehead atoms. The van der Waals surface area contributed by atoms with E-state index in [0.29, 0.717) is 21.8 Å². The first-order chi connectivity index (χ1) is 7.74. The summed E-state index contributed by atoms with van der Waals surface area (Å²) in [5.74, 6) is 0.915. The molecule has 1 fully saturated rings. The van der Waals surface area contributed by atoms with Gasteiger partial charge in [0.15, 0.2) is 5.58 Å². The summed E-state index contributed by atoms with van der Waals surface area (Å²) in [7, 11) is 0. The highest BCUT2D eigenvalue weighted by Gasteiger charge is 2.20. The van der Waals surface area contributed by atoms with Crippen LogP contribution in [-0.2, 0) is 0 Å². The minimum atomic E-state index is 0.298. The van der Waals surface area contributed by atoms with E-state index in [9.17, 15) is 0 Å². The van der Waals surface area contributed by atoms with E-state index in [1.165, 1.54) is 6.42 Å². The Morgan fingerprint density at radius 1 is 1.38 bits per heavy atom. The van der Waals surface area contributed by atoms with Crippen LogP contribution in [0.1, 0.15) is 24.6 Å². The van der Waals surface area contributed by atoms with Gasteiger partial charge < -0.3 is 9.73 Å². The zero-order valence-electron chi connectivity index (χ0n) is 8.46. The van der Waals surface area contributed by atoms with Gasteiger partial charge in [0, 0.05) is 12.1 Å². The number of furan rings is 1. The van der Waals surface area contributed by atoms with Gasteiger partial charge in [0.1, 0.15) is 16.4 Å². The molecule has 5 heteroatoms. The molecule has 3 rings (SSSR count). The molecule has 0 aromatic carbocycles. The molecule has 0 radical (unpaired) electrons. The molecular weight excluding hydrogens is 247 g/mol. The van der Waals surface area contributed by atoms with Crippen LogP contribution in [0.4, 0.5) is 0 Å². The molecule has 1 aliphatic rings. The normalized spacial score (nSPS) is 20.8. The Bertz CT molecular complexity index is 493.